The molecule has 0 fully saturated rings. The Kier molecular flexibility index (Phi) is 4.61. The molecule has 0 aliphatic carbocycles. The number of hydrogen-bond donors (Lipinski definition) is 2. The topological polar surface area (TPSA) is 101 Å². The second-order valence-corrected chi connectivity index (χ2v) is 7.98. The third kappa shape index (κ3) is 3.23. The molecule has 3 aromatic rings. The molecule has 2 heterocycles. The minimum Gasteiger partial charge on any atom is -0.481 e. The molecular weight excluding hydrogens is 366 g/mol. The van der Waals surface area contributed by atoms with Crippen molar-refractivity contribution in [2.75, 3.05) is 5.32 Å². The molecule has 8 heteroatoms. The zero-order valence-electron chi connectivity index (χ0n) is 15.4. The van der Waals surface area contributed by atoms with Crippen molar-refractivity contribution in [3.05, 3.63) is 62.5 Å². The van der Waals surface area contributed by atoms with Crippen molar-refractivity contribution in [2.24, 2.45) is 0 Å². The molecule has 0 bridgehead atoms. The van der Waals surface area contributed by atoms with Gasteiger partial charge >= 0.3 is 5.97 Å². The van der Waals surface area contributed by atoms with E-state index in [9.17, 15) is 19.5 Å². The molecule has 1 aromatic carbocycles. The Labute approximate surface area is 159 Å². The lowest BCUT2D eigenvalue weighted by atomic mass is 9.85. The van der Waals surface area contributed by atoms with E-state index >= 15 is 0 Å². The fourth-order valence-corrected chi connectivity index (χ4v) is 3.55. The molecule has 0 saturated heterocycles. The van der Waals surface area contributed by atoms with E-state index in [-0.39, 0.29) is 5.56 Å². The van der Waals surface area contributed by atoms with Crippen LogP contribution >= 0.6 is 11.3 Å². The highest BCUT2D eigenvalue weighted by Gasteiger charge is 2.29. The molecule has 7 nitrogen and oxygen atoms in total. The Morgan fingerprint density at radius 1 is 1.19 bits per heavy atom. The maximum Gasteiger partial charge on any atom is 0.313 e. The molecule has 2 aromatic heterocycles. The van der Waals surface area contributed by atoms with E-state index in [1.807, 2.05) is 13.8 Å². The number of nitrogens with one attached hydrogen (secondary N) is 1. The van der Waals surface area contributed by atoms with Gasteiger partial charge in [-0.1, -0.05) is 12.1 Å². The van der Waals surface area contributed by atoms with Crippen molar-refractivity contribution in [1.29, 1.82) is 0 Å². The van der Waals surface area contributed by atoms with Crippen molar-refractivity contribution >= 4 is 33.9 Å². The number of thiazole rings is 1. The number of hydrogen-bond acceptors (Lipinski definition) is 5. The number of fused-ring (bicyclic) bond motifs is 1. The van der Waals surface area contributed by atoms with Gasteiger partial charge in [-0.3, -0.25) is 18.8 Å². The Balaban J connectivity index is 1.89. The van der Waals surface area contributed by atoms with Gasteiger partial charge in [-0.15, -0.1) is 11.3 Å². The molecular formula is C19H19N3O4S. The van der Waals surface area contributed by atoms with Crippen LogP contribution in [0.5, 0.6) is 0 Å². The largest absolute Gasteiger partial charge is 0.481 e. The summed E-state index contributed by atoms with van der Waals surface area (Å²) in [4.78, 5) is 42.2. The molecule has 140 valence electrons. The Bertz CT molecular complexity index is 1110. The van der Waals surface area contributed by atoms with Crippen molar-refractivity contribution in [1.82, 2.24) is 9.38 Å². The fraction of sp³-hybridized carbons (Fsp3) is 0.263. The lowest BCUT2D eigenvalue weighted by molar-refractivity contribution is -0.142. The first kappa shape index (κ1) is 18.8. The number of aliphatic carboxylic acids is 1. The van der Waals surface area contributed by atoms with E-state index in [1.165, 1.54) is 21.9 Å². The number of anilines is 1. The van der Waals surface area contributed by atoms with E-state index in [4.69, 9.17) is 0 Å². The number of rotatable bonds is 4. The highest BCUT2D eigenvalue weighted by molar-refractivity contribution is 7.17. The summed E-state index contributed by atoms with van der Waals surface area (Å²) >= 11 is 1.40. The molecule has 1 amide bonds. The average molecular weight is 385 g/mol. The summed E-state index contributed by atoms with van der Waals surface area (Å²) in [6, 6.07) is 6.51. The number of carboxylic acids is 1. The molecule has 0 saturated carbocycles. The average Bonchev–Trinajstić information content (AvgIpc) is 2.90. The first-order chi connectivity index (χ1) is 12.6. The van der Waals surface area contributed by atoms with E-state index in [0.29, 0.717) is 16.2 Å². The summed E-state index contributed by atoms with van der Waals surface area (Å²) in [5, 5.41) is 11.9. The van der Waals surface area contributed by atoms with Crippen LogP contribution in [-0.4, -0.2) is 26.4 Å². The third-order valence-electron chi connectivity index (χ3n) is 4.66. The molecule has 0 spiro atoms. The molecule has 3 rings (SSSR count). The van der Waals surface area contributed by atoms with Crippen LogP contribution < -0.4 is 10.9 Å². The summed E-state index contributed by atoms with van der Waals surface area (Å²) in [5.41, 5.74) is 0.340. The smallest absolute Gasteiger partial charge is 0.313 e. The summed E-state index contributed by atoms with van der Waals surface area (Å²) < 4.78 is 1.44. The number of carboxylic acid groups (broad SMARTS) is 1. The van der Waals surface area contributed by atoms with Crippen molar-refractivity contribution < 1.29 is 14.7 Å². The zero-order chi connectivity index (χ0) is 19.9. The normalized spacial score (nSPS) is 11.6. The fourth-order valence-electron chi connectivity index (χ4n) is 2.62. The molecule has 0 aliphatic rings. The Morgan fingerprint density at radius 2 is 1.81 bits per heavy atom. The van der Waals surface area contributed by atoms with Gasteiger partial charge in [-0.05, 0) is 45.4 Å². The standard InChI is InChI=1S/C19H19N3O4S/c1-10-11(2)27-18-20-9-14(16(24)22(10)18)15(23)21-13-7-5-12(6-8-13)19(3,4)17(25)26/h5-9H,1-4H3,(H,21,23)(H,25,26). The molecule has 0 radical (unpaired) electrons. The van der Waals surface area contributed by atoms with Gasteiger partial charge in [-0.25, -0.2) is 4.98 Å². The van der Waals surface area contributed by atoms with Gasteiger partial charge < -0.3 is 10.4 Å². The minimum atomic E-state index is -1.04. The maximum atomic E-state index is 12.7. The van der Waals surface area contributed by atoms with E-state index in [2.05, 4.69) is 10.3 Å². The number of aryl methyl sites for hydroxylation is 2. The van der Waals surface area contributed by atoms with Gasteiger partial charge in [0.1, 0.15) is 5.56 Å². The Hall–Kier alpha value is -3.00. The van der Waals surface area contributed by atoms with Gasteiger partial charge in [0.15, 0.2) is 4.96 Å². The summed E-state index contributed by atoms with van der Waals surface area (Å²) in [7, 11) is 0. The second-order valence-electron chi connectivity index (χ2n) is 6.80. The minimum absolute atomic E-state index is 0.0525. The van der Waals surface area contributed by atoms with E-state index in [1.54, 1.807) is 38.1 Å². The van der Waals surface area contributed by atoms with Gasteiger partial charge in [0.2, 0.25) is 0 Å². The predicted octanol–water partition coefficient (Wildman–Crippen LogP) is 2.99. The lowest BCUT2D eigenvalue weighted by Gasteiger charge is -2.19. The molecule has 0 aliphatic heterocycles. The number of nitrogens with zero attached hydrogens (tertiary/aromatic N) is 2. The molecule has 2 N–H and O–H groups in total. The van der Waals surface area contributed by atoms with E-state index < -0.39 is 22.9 Å². The van der Waals surface area contributed by atoms with Gasteiger partial charge in [0, 0.05) is 22.5 Å². The molecule has 27 heavy (non-hydrogen) atoms. The van der Waals surface area contributed by atoms with E-state index in [0.717, 1.165) is 10.6 Å². The number of benzene rings is 1. The second kappa shape index (κ2) is 6.62. The number of carbonyl (C=O) groups is 2. The number of carbonyl (C=O) groups excluding carboxylic acids is 1. The number of amides is 1. The lowest BCUT2D eigenvalue weighted by Crippen LogP contribution is -2.28. The van der Waals surface area contributed by atoms with Crippen LogP contribution in [0.1, 0.15) is 40.3 Å². The van der Waals surface area contributed by atoms with Crippen LogP contribution in [0.4, 0.5) is 5.69 Å². The zero-order valence-corrected chi connectivity index (χ0v) is 16.2. The van der Waals surface area contributed by atoms with Crippen LogP contribution in [-0.2, 0) is 10.2 Å². The van der Waals surface area contributed by atoms with Gasteiger partial charge in [-0.2, -0.15) is 0 Å². The predicted molar refractivity (Wildman–Crippen MR) is 104 cm³/mol. The monoisotopic (exact) mass is 385 g/mol. The van der Waals surface area contributed by atoms with Gasteiger partial charge in [0.05, 0.1) is 5.41 Å². The Morgan fingerprint density at radius 3 is 2.41 bits per heavy atom. The first-order valence-corrected chi connectivity index (χ1v) is 9.07. The van der Waals surface area contributed by atoms with Crippen molar-refractivity contribution in [3.8, 4) is 0 Å². The van der Waals surface area contributed by atoms with Crippen molar-refractivity contribution in [2.45, 2.75) is 33.1 Å². The summed E-state index contributed by atoms with van der Waals surface area (Å²) in [6.45, 7) is 6.92. The SMILES string of the molecule is Cc1sc2ncc(C(=O)Nc3ccc(C(C)(C)C(=O)O)cc3)c(=O)n2c1C. The van der Waals surface area contributed by atoms with Crippen LogP contribution in [0, 0.1) is 13.8 Å². The summed E-state index contributed by atoms with van der Waals surface area (Å²) in [5.74, 6) is -1.50. The maximum absolute atomic E-state index is 12.7. The first-order valence-electron chi connectivity index (χ1n) is 8.26. The number of aromatic nitrogens is 2. The summed E-state index contributed by atoms with van der Waals surface area (Å²) in [6.07, 6.45) is 1.28. The quantitative estimate of drug-likeness (QED) is 0.719. The van der Waals surface area contributed by atoms with Crippen LogP contribution in [0.3, 0.4) is 0 Å². The van der Waals surface area contributed by atoms with Crippen LogP contribution in [0.15, 0.2) is 35.3 Å². The van der Waals surface area contributed by atoms with Crippen molar-refractivity contribution in [3.63, 3.8) is 0 Å². The van der Waals surface area contributed by atoms with Gasteiger partial charge in [0.25, 0.3) is 11.5 Å². The molecule has 0 atom stereocenters. The molecule has 0 unspecified atom stereocenters. The van der Waals surface area contributed by atoms with Crippen LogP contribution in [0.25, 0.3) is 4.96 Å². The third-order valence-corrected chi connectivity index (χ3v) is 5.73. The highest BCUT2D eigenvalue weighted by atomic mass is 32.1. The van der Waals surface area contributed by atoms with Crippen LogP contribution in [0.2, 0.25) is 0 Å². The highest BCUT2D eigenvalue weighted by Crippen LogP contribution is 2.25.